The molecule has 200 valence electrons. The van der Waals surface area contributed by atoms with Gasteiger partial charge in [0.15, 0.2) is 5.82 Å². The standard InChI is InChI=1S/C38H21N3S2/c1-2-12-22(13-3-1)34-38(40-27-18-8-7-17-26(27)39-34)41-28-19-9-4-14-23(28)31-32-24-15-5-10-20-29(24)42-36(32)33-25-16-6-11-21-30(25)43-37(33)35(31)41/h1-21H. The van der Waals surface area contributed by atoms with Gasteiger partial charge in [0.2, 0.25) is 0 Å². The number of aromatic nitrogens is 3. The lowest BCUT2D eigenvalue weighted by Gasteiger charge is -2.14. The van der Waals surface area contributed by atoms with E-state index in [4.69, 9.17) is 9.97 Å². The molecule has 0 unspecified atom stereocenters. The van der Waals surface area contributed by atoms with E-state index >= 15 is 0 Å². The van der Waals surface area contributed by atoms with Gasteiger partial charge in [0, 0.05) is 52.0 Å². The van der Waals surface area contributed by atoms with E-state index in [9.17, 15) is 0 Å². The Kier molecular flexibility index (Phi) is 4.75. The first-order chi connectivity index (χ1) is 21.3. The Hall–Kier alpha value is -5.10. The number of nitrogens with zero attached hydrogens (tertiary/aromatic N) is 3. The predicted octanol–water partition coefficient (Wildman–Crippen LogP) is 11.1. The van der Waals surface area contributed by atoms with Crippen molar-refractivity contribution >= 4 is 95.9 Å². The van der Waals surface area contributed by atoms with Crippen molar-refractivity contribution in [2.45, 2.75) is 0 Å². The summed E-state index contributed by atoms with van der Waals surface area (Å²) in [4.78, 5) is 10.7. The summed E-state index contributed by atoms with van der Waals surface area (Å²) in [6.07, 6.45) is 0. The van der Waals surface area contributed by atoms with Crippen LogP contribution in [0.1, 0.15) is 0 Å². The third kappa shape index (κ3) is 3.18. The molecule has 0 saturated carbocycles. The number of hydrogen-bond donors (Lipinski definition) is 0. The van der Waals surface area contributed by atoms with E-state index < -0.39 is 0 Å². The van der Waals surface area contributed by atoms with Crippen LogP contribution in [0.15, 0.2) is 127 Å². The summed E-state index contributed by atoms with van der Waals surface area (Å²) in [5.41, 5.74) is 6.06. The minimum Gasteiger partial charge on any atom is -0.290 e. The minimum absolute atomic E-state index is 0.855. The molecular weight excluding hydrogens is 563 g/mol. The van der Waals surface area contributed by atoms with E-state index in [-0.39, 0.29) is 0 Å². The van der Waals surface area contributed by atoms with Crippen LogP contribution in [0.2, 0.25) is 0 Å². The molecule has 10 rings (SSSR count). The second-order valence-electron chi connectivity index (χ2n) is 10.9. The molecule has 0 atom stereocenters. The molecule has 0 aliphatic carbocycles. The van der Waals surface area contributed by atoms with Crippen molar-refractivity contribution in [2.24, 2.45) is 0 Å². The molecule has 0 bridgehead atoms. The van der Waals surface area contributed by atoms with E-state index in [1.54, 1.807) is 0 Å². The predicted molar refractivity (Wildman–Crippen MR) is 185 cm³/mol. The number of hydrogen-bond acceptors (Lipinski definition) is 4. The number of benzene rings is 6. The van der Waals surface area contributed by atoms with E-state index in [1.165, 1.54) is 56.6 Å². The highest BCUT2D eigenvalue weighted by molar-refractivity contribution is 7.30. The maximum Gasteiger partial charge on any atom is 0.165 e. The normalized spacial score (nSPS) is 12.2. The van der Waals surface area contributed by atoms with Gasteiger partial charge in [0.05, 0.1) is 26.8 Å². The number of para-hydroxylation sites is 3. The summed E-state index contributed by atoms with van der Waals surface area (Å²) >= 11 is 3.79. The average molecular weight is 584 g/mol. The highest BCUT2D eigenvalue weighted by Gasteiger charge is 2.26. The zero-order chi connectivity index (χ0) is 28.1. The molecule has 4 aromatic heterocycles. The van der Waals surface area contributed by atoms with Crippen LogP contribution in [0.3, 0.4) is 0 Å². The van der Waals surface area contributed by atoms with Crippen LogP contribution in [0, 0.1) is 0 Å². The van der Waals surface area contributed by atoms with Crippen LogP contribution in [-0.4, -0.2) is 14.5 Å². The van der Waals surface area contributed by atoms with Crippen molar-refractivity contribution in [2.75, 3.05) is 0 Å². The molecule has 10 aromatic rings. The van der Waals surface area contributed by atoms with Crippen LogP contribution in [0.5, 0.6) is 0 Å². The van der Waals surface area contributed by atoms with Crippen LogP contribution < -0.4 is 0 Å². The zero-order valence-electron chi connectivity index (χ0n) is 22.8. The van der Waals surface area contributed by atoms with Crippen molar-refractivity contribution < 1.29 is 0 Å². The quantitative estimate of drug-likeness (QED) is 0.203. The summed E-state index contributed by atoms with van der Waals surface area (Å²) < 4.78 is 7.66. The number of fused-ring (bicyclic) bond motifs is 13. The van der Waals surface area contributed by atoms with Gasteiger partial charge in [-0.2, -0.15) is 0 Å². The second-order valence-corrected chi connectivity index (χ2v) is 13.0. The lowest BCUT2D eigenvalue weighted by Crippen LogP contribution is -2.03. The maximum absolute atomic E-state index is 5.39. The van der Waals surface area contributed by atoms with Gasteiger partial charge < -0.3 is 0 Å². The van der Waals surface area contributed by atoms with Gasteiger partial charge in [-0.3, -0.25) is 4.57 Å². The Morgan fingerprint density at radius 3 is 1.81 bits per heavy atom. The van der Waals surface area contributed by atoms with Crippen LogP contribution in [0.4, 0.5) is 0 Å². The molecule has 0 aliphatic heterocycles. The molecule has 0 amide bonds. The second kappa shape index (κ2) is 8.71. The Morgan fingerprint density at radius 2 is 1.05 bits per heavy atom. The first-order valence-electron chi connectivity index (χ1n) is 14.4. The lowest BCUT2D eigenvalue weighted by molar-refractivity contribution is 1.08. The van der Waals surface area contributed by atoms with Crippen molar-refractivity contribution in [3.8, 4) is 17.1 Å². The van der Waals surface area contributed by atoms with Crippen molar-refractivity contribution in [1.82, 2.24) is 14.5 Å². The van der Waals surface area contributed by atoms with Crippen molar-refractivity contribution in [3.05, 3.63) is 127 Å². The van der Waals surface area contributed by atoms with E-state index in [0.29, 0.717) is 0 Å². The Bertz CT molecular complexity index is 2730. The number of thiophene rings is 2. The minimum atomic E-state index is 0.855. The third-order valence-electron chi connectivity index (χ3n) is 8.57. The smallest absolute Gasteiger partial charge is 0.165 e. The fraction of sp³-hybridized carbons (Fsp3) is 0. The van der Waals surface area contributed by atoms with Gasteiger partial charge in [-0.25, -0.2) is 9.97 Å². The molecule has 5 heteroatoms. The zero-order valence-corrected chi connectivity index (χ0v) is 24.4. The summed E-state index contributed by atoms with van der Waals surface area (Å²) in [5.74, 6) is 0.855. The first-order valence-corrected chi connectivity index (χ1v) is 16.0. The Balaban J connectivity index is 1.52. The molecule has 0 aliphatic rings. The Morgan fingerprint density at radius 1 is 0.465 bits per heavy atom. The lowest BCUT2D eigenvalue weighted by atomic mass is 10.0. The maximum atomic E-state index is 5.39. The summed E-state index contributed by atoms with van der Waals surface area (Å²) in [6.45, 7) is 0. The average Bonchev–Trinajstić information content (AvgIpc) is 3.74. The summed E-state index contributed by atoms with van der Waals surface area (Å²) in [5, 5.41) is 7.81. The first kappa shape index (κ1) is 23.5. The van der Waals surface area contributed by atoms with Crippen molar-refractivity contribution in [3.63, 3.8) is 0 Å². The molecule has 0 spiro atoms. The number of rotatable bonds is 2. The highest BCUT2D eigenvalue weighted by atomic mass is 32.1. The highest BCUT2D eigenvalue weighted by Crippen LogP contribution is 2.52. The van der Waals surface area contributed by atoms with Crippen molar-refractivity contribution in [1.29, 1.82) is 0 Å². The molecule has 0 radical (unpaired) electrons. The van der Waals surface area contributed by atoms with Crippen LogP contribution in [-0.2, 0) is 0 Å². The largest absolute Gasteiger partial charge is 0.290 e. The Labute approximate surface area is 253 Å². The molecule has 0 N–H and O–H groups in total. The molecule has 43 heavy (non-hydrogen) atoms. The van der Waals surface area contributed by atoms with E-state index in [0.717, 1.165) is 33.6 Å². The topological polar surface area (TPSA) is 30.7 Å². The molecule has 0 saturated heterocycles. The van der Waals surface area contributed by atoms with Gasteiger partial charge in [0.25, 0.3) is 0 Å². The molecule has 6 aromatic carbocycles. The SMILES string of the molecule is c1ccc(-c2nc3ccccc3nc2-n2c3ccccc3c3c4c5ccccc5sc4c4c5ccccc5sc4c32)cc1. The fourth-order valence-electron chi connectivity index (χ4n) is 6.77. The van der Waals surface area contributed by atoms with Crippen LogP contribution in [0.25, 0.3) is 90.3 Å². The van der Waals surface area contributed by atoms with Gasteiger partial charge in [-0.15, -0.1) is 22.7 Å². The van der Waals surface area contributed by atoms with Crippen LogP contribution >= 0.6 is 22.7 Å². The molecule has 3 nitrogen and oxygen atoms in total. The monoisotopic (exact) mass is 583 g/mol. The van der Waals surface area contributed by atoms with Gasteiger partial charge in [-0.1, -0.05) is 97.1 Å². The van der Waals surface area contributed by atoms with E-state index in [2.05, 4.69) is 120 Å². The van der Waals surface area contributed by atoms with Gasteiger partial charge >= 0.3 is 0 Å². The third-order valence-corrected chi connectivity index (χ3v) is 10.9. The van der Waals surface area contributed by atoms with E-state index in [1.807, 2.05) is 34.8 Å². The van der Waals surface area contributed by atoms with Gasteiger partial charge in [-0.05, 0) is 30.3 Å². The van der Waals surface area contributed by atoms with Gasteiger partial charge in [0.1, 0.15) is 5.69 Å². The fourth-order valence-corrected chi connectivity index (χ4v) is 9.36. The summed E-state index contributed by atoms with van der Waals surface area (Å²) in [7, 11) is 0. The molecule has 4 heterocycles. The molecule has 0 fully saturated rings. The summed E-state index contributed by atoms with van der Waals surface area (Å²) in [6, 6.07) is 45.2. The molecular formula is C38H21N3S2.